The second-order valence-corrected chi connectivity index (χ2v) is 6.63. The molecule has 1 aliphatic heterocycles. The van der Waals surface area contributed by atoms with Crippen molar-refractivity contribution in [2.75, 3.05) is 37.2 Å². The molecule has 1 fully saturated rings. The highest BCUT2D eigenvalue weighted by Gasteiger charge is 2.10. The van der Waals surface area contributed by atoms with Crippen molar-refractivity contribution in [2.24, 2.45) is 7.05 Å². The Balaban J connectivity index is 1.39. The highest BCUT2D eigenvalue weighted by Crippen LogP contribution is 2.18. The van der Waals surface area contributed by atoms with Crippen LogP contribution >= 0.6 is 0 Å². The number of piperazine rings is 1. The molecule has 136 valence electrons. The van der Waals surface area contributed by atoms with E-state index in [0.717, 1.165) is 43.8 Å². The number of nitrogens with zero attached hydrogens (tertiary/aromatic N) is 5. The van der Waals surface area contributed by atoms with E-state index < -0.39 is 0 Å². The quantitative estimate of drug-likeness (QED) is 0.629. The van der Waals surface area contributed by atoms with Gasteiger partial charge in [-0.3, -0.25) is 9.58 Å². The molecule has 1 saturated heterocycles. The minimum Gasteiger partial charge on any atom is -0.383 e. The first-order valence-electron chi connectivity index (χ1n) is 8.89. The van der Waals surface area contributed by atoms with Crippen LogP contribution in [0.1, 0.15) is 11.1 Å². The predicted octanol–water partition coefficient (Wildman–Crippen LogP) is 0.963. The van der Waals surface area contributed by atoms with Crippen LogP contribution < -0.4 is 16.4 Å². The number of nitrogens with two attached hydrogens (primary N) is 1. The zero-order chi connectivity index (χ0) is 17.9. The van der Waals surface area contributed by atoms with Crippen LogP contribution in [0.25, 0.3) is 11.0 Å². The number of aryl methyl sites for hydroxylation is 1. The summed E-state index contributed by atoms with van der Waals surface area (Å²) in [6.45, 7) is 6.03. The largest absolute Gasteiger partial charge is 0.383 e. The molecule has 0 amide bonds. The molecule has 0 atom stereocenters. The van der Waals surface area contributed by atoms with Gasteiger partial charge in [-0.1, -0.05) is 24.3 Å². The van der Waals surface area contributed by atoms with Gasteiger partial charge in [0.25, 0.3) is 0 Å². The van der Waals surface area contributed by atoms with E-state index in [-0.39, 0.29) is 0 Å². The molecule has 1 aliphatic rings. The van der Waals surface area contributed by atoms with Crippen molar-refractivity contribution in [1.29, 1.82) is 0 Å². The van der Waals surface area contributed by atoms with E-state index in [2.05, 4.69) is 54.9 Å². The molecule has 0 aliphatic carbocycles. The summed E-state index contributed by atoms with van der Waals surface area (Å²) in [6, 6.07) is 8.68. The van der Waals surface area contributed by atoms with Gasteiger partial charge in [0.15, 0.2) is 5.65 Å². The van der Waals surface area contributed by atoms with Gasteiger partial charge in [-0.2, -0.15) is 15.1 Å². The Labute approximate surface area is 152 Å². The molecule has 0 saturated carbocycles. The lowest BCUT2D eigenvalue weighted by Gasteiger charge is -2.27. The SMILES string of the molecule is Cn1ncc2c(N)nc(NCc3ccc(CN4CCNCC4)cc3)nc21. The Hall–Kier alpha value is -2.71. The van der Waals surface area contributed by atoms with Crippen LogP contribution in [-0.4, -0.2) is 50.8 Å². The number of fused-ring (bicyclic) bond motifs is 1. The molecule has 8 nitrogen and oxygen atoms in total. The number of benzene rings is 1. The smallest absolute Gasteiger partial charge is 0.226 e. The lowest BCUT2D eigenvalue weighted by molar-refractivity contribution is 0.233. The third-order valence-electron chi connectivity index (χ3n) is 4.71. The zero-order valence-corrected chi connectivity index (χ0v) is 14.9. The number of rotatable bonds is 5. The highest BCUT2D eigenvalue weighted by atomic mass is 15.3. The molecular weight excluding hydrogens is 328 g/mol. The van der Waals surface area contributed by atoms with Crippen LogP contribution in [0, 0.1) is 0 Å². The van der Waals surface area contributed by atoms with Crippen LogP contribution in [0.3, 0.4) is 0 Å². The predicted molar refractivity (Wildman–Crippen MR) is 103 cm³/mol. The molecule has 0 radical (unpaired) electrons. The third kappa shape index (κ3) is 3.61. The fourth-order valence-electron chi connectivity index (χ4n) is 3.19. The Morgan fingerprint density at radius 1 is 1.12 bits per heavy atom. The summed E-state index contributed by atoms with van der Waals surface area (Å²) in [6.07, 6.45) is 1.69. The molecule has 0 spiro atoms. The lowest BCUT2D eigenvalue weighted by Crippen LogP contribution is -2.42. The minimum absolute atomic E-state index is 0.442. The summed E-state index contributed by atoms with van der Waals surface area (Å²) in [5, 5.41) is 11.6. The third-order valence-corrected chi connectivity index (χ3v) is 4.71. The van der Waals surface area contributed by atoms with E-state index in [0.29, 0.717) is 18.3 Å². The minimum atomic E-state index is 0.442. The molecular formula is C18H24N8. The second kappa shape index (κ2) is 7.27. The van der Waals surface area contributed by atoms with Crippen LogP contribution in [0.5, 0.6) is 0 Å². The van der Waals surface area contributed by atoms with Crippen molar-refractivity contribution < 1.29 is 0 Å². The Kier molecular flexibility index (Phi) is 4.68. The number of hydrogen-bond acceptors (Lipinski definition) is 7. The summed E-state index contributed by atoms with van der Waals surface area (Å²) < 4.78 is 1.70. The Morgan fingerprint density at radius 3 is 2.62 bits per heavy atom. The van der Waals surface area contributed by atoms with Gasteiger partial charge in [0.05, 0.1) is 11.6 Å². The van der Waals surface area contributed by atoms with E-state index in [9.17, 15) is 0 Å². The molecule has 1 aromatic carbocycles. The molecule has 4 N–H and O–H groups in total. The molecule has 3 heterocycles. The van der Waals surface area contributed by atoms with E-state index in [4.69, 9.17) is 5.73 Å². The van der Waals surface area contributed by atoms with Crippen LogP contribution in [0.15, 0.2) is 30.5 Å². The Bertz CT molecular complexity index is 880. The summed E-state index contributed by atoms with van der Waals surface area (Å²) in [5.74, 6) is 0.959. The Morgan fingerprint density at radius 2 is 1.85 bits per heavy atom. The van der Waals surface area contributed by atoms with Gasteiger partial charge < -0.3 is 16.4 Å². The van der Waals surface area contributed by atoms with Gasteiger partial charge in [0.1, 0.15) is 5.82 Å². The van der Waals surface area contributed by atoms with Crippen LogP contribution in [0.2, 0.25) is 0 Å². The first-order valence-corrected chi connectivity index (χ1v) is 8.89. The molecule has 0 bridgehead atoms. The number of aromatic nitrogens is 4. The zero-order valence-electron chi connectivity index (χ0n) is 14.9. The van der Waals surface area contributed by atoms with Crippen LogP contribution in [-0.2, 0) is 20.1 Å². The van der Waals surface area contributed by atoms with Gasteiger partial charge >= 0.3 is 0 Å². The van der Waals surface area contributed by atoms with E-state index in [1.165, 1.54) is 11.1 Å². The first-order chi connectivity index (χ1) is 12.7. The number of nitrogens with one attached hydrogen (secondary N) is 2. The summed E-state index contributed by atoms with van der Waals surface area (Å²) in [5.41, 5.74) is 9.24. The fraction of sp³-hybridized carbons (Fsp3) is 0.389. The van der Waals surface area contributed by atoms with E-state index >= 15 is 0 Å². The monoisotopic (exact) mass is 352 g/mol. The normalized spacial score (nSPS) is 15.4. The second-order valence-electron chi connectivity index (χ2n) is 6.63. The maximum atomic E-state index is 5.99. The van der Waals surface area contributed by atoms with Crippen molar-refractivity contribution in [3.63, 3.8) is 0 Å². The molecule has 0 unspecified atom stereocenters. The van der Waals surface area contributed by atoms with Gasteiger partial charge in [0.2, 0.25) is 5.95 Å². The molecule has 8 heteroatoms. The standard InChI is InChI=1S/C18H24N8/c1-25-17-15(11-22-25)16(19)23-18(24-17)21-10-13-2-4-14(5-3-13)12-26-8-6-20-7-9-26/h2-5,11,20H,6-10,12H2,1H3,(H3,19,21,23,24). The summed E-state index contributed by atoms with van der Waals surface area (Å²) >= 11 is 0. The van der Waals surface area contributed by atoms with Gasteiger partial charge in [-0.05, 0) is 11.1 Å². The van der Waals surface area contributed by atoms with E-state index in [1.54, 1.807) is 10.9 Å². The summed E-state index contributed by atoms with van der Waals surface area (Å²) in [7, 11) is 1.84. The molecule has 26 heavy (non-hydrogen) atoms. The number of nitrogen functional groups attached to an aromatic ring is 1. The van der Waals surface area contributed by atoms with Gasteiger partial charge in [0, 0.05) is 46.3 Å². The molecule has 2 aromatic heterocycles. The summed E-state index contributed by atoms with van der Waals surface area (Å²) in [4.78, 5) is 11.3. The van der Waals surface area contributed by atoms with E-state index in [1.807, 2.05) is 7.05 Å². The number of hydrogen-bond donors (Lipinski definition) is 3. The van der Waals surface area contributed by atoms with Gasteiger partial charge in [-0.25, -0.2) is 0 Å². The maximum absolute atomic E-state index is 5.99. The van der Waals surface area contributed by atoms with Crippen molar-refractivity contribution in [3.05, 3.63) is 41.6 Å². The number of anilines is 2. The van der Waals surface area contributed by atoms with Crippen LogP contribution in [0.4, 0.5) is 11.8 Å². The highest BCUT2D eigenvalue weighted by molar-refractivity contribution is 5.86. The van der Waals surface area contributed by atoms with Crippen molar-refractivity contribution in [3.8, 4) is 0 Å². The average molecular weight is 352 g/mol. The van der Waals surface area contributed by atoms with Crippen molar-refractivity contribution in [2.45, 2.75) is 13.1 Å². The first kappa shape index (κ1) is 16.7. The average Bonchev–Trinajstić information content (AvgIpc) is 3.04. The topological polar surface area (TPSA) is 96.9 Å². The maximum Gasteiger partial charge on any atom is 0.226 e. The molecule has 3 aromatic rings. The molecule has 4 rings (SSSR count). The lowest BCUT2D eigenvalue weighted by atomic mass is 10.1. The van der Waals surface area contributed by atoms with Crippen molar-refractivity contribution >= 4 is 22.8 Å². The van der Waals surface area contributed by atoms with Gasteiger partial charge in [-0.15, -0.1) is 0 Å². The van der Waals surface area contributed by atoms with Crippen molar-refractivity contribution in [1.82, 2.24) is 30.0 Å². The fourth-order valence-corrected chi connectivity index (χ4v) is 3.19.